The summed E-state index contributed by atoms with van der Waals surface area (Å²) in [6.45, 7) is 3.29. The van der Waals surface area contributed by atoms with E-state index in [0.717, 1.165) is 16.3 Å². The van der Waals surface area contributed by atoms with Crippen molar-refractivity contribution in [3.63, 3.8) is 0 Å². The van der Waals surface area contributed by atoms with Crippen molar-refractivity contribution in [2.45, 2.75) is 12.3 Å². The van der Waals surface area contributed by atoms with Crippen LogP contribution in [-0.4, -0.2) is 24.2 Å². The smallest absolute Gasteiger partial charge is 0.308 e. The fourth-order valence-corrected chi connectivity index (χ4v) is 3.19. The van der Waals surface area contributed by atoms with Gasteiger partial charge in [0.05, 0.1) is 5.92 Å². The molecule has 2 unspecified atom stereocenters. The quantitative estimate of drug-likeness (QED) is 0.866. The molecular formula is C16H17NO2. The number of hydrogen-bond acceptors (Lipinski definition) is 2. The Labute approximate surface area is 112 Å². The number of rotatable bonds is 2. The Balaban J connectivity index is 2.21. The van der Waals surface area contributed by atoms with Gasteiger partial charge >= 0.3 is 5.97 Å². The van der Waals surface area contributed by atoms with E-state index < -0.39 is 5.97 Å². The highest BCUT2D eigenvalue weighted by Crippen LogP contribution is 2.38. The molecule has 3 heteroatoms. The average Bonchev–Trinajstić information content (AvgIpc) is 2.81. The van der Waals surface area contributed by atoms with Gasteiger partial charge in [-0.1, -0.05) is 49.4 Å². The fraction of sp³-hybridized carbons (Fsp3) is 0.312. The Morgan fingerprint density at radius 2 is 2.00 bits per heavy atom. The van der Waals surface area contributed by atoms with Crippen molar-refractivity contribution >= 4 is 16.7 Å². The number of carbonyl (C=O) groups is 1. The monoisotopic (exact) mass is 255 g/mol. The highest BCUT2D eigenvalue weighted by Gasteiger charge is 2.45. The molecule has 0 aromatic heterocycles. The van der Waals surface area contributed by atoms with Crippen LogP contribution in [0.5, 0.6) is 0 Å². The predicted octanol–water partition coefficient (Wildman–Crippen LogP) is 2.40. The summed E-state index contributed by atoms with van der Waals surface area (Å²) in [4.78, 5) is 11.5. The second-order valence-electron chi connectivity index (χ2n) is 5.47. The van der Waals surface area contributed by atoms with Crippen LogP contribution < -0.4 is 5.32 Å². The van der Waals surface area contributed by atoms with Gasteiger partial charge in [0, 0.05) is 18.5 Å². The second kappa shape index (κ2) is 4.35. The molecule has 0 amide bonds. The summed E-state index contributed by atoms with van der Waals surface area (Å²) < 4.78 is 0. The van der Waals surface area contributed by atoms with Crippen molar-refractivity contribution in [2.24, 2.45) is 5.92 Å². The van der Waals surface area contributed by atoms with E-state index in [0.29, 0.717) is 13.1 Å². The molecule has 0 saturated carbocycles. The topological polar surface area (TPSA) is 49.3 Å². The van der Waals surface area contributed by atoms with Crippen LogP contribution in [0, 0.1) is 5.92 Å². The molecule has 0 spiro atoms. The third-order valence-corrected chi connectivity index (χ3v) is 4.31. The molecule has 3 nitrogen and oxygen atoms in total. The number of carboxylic acids is 1. The number of nitrogens with one attached hydrogen (secondary N) is 1. The molecule has 1 fully saturated rings. The Kier molecular flexibility index (Phi) is 2.79. The first-order valence-corrected chi connectivity index (χ1v) is 6.55. The zero-order valence-electron chi connectivity index (χ0n) is 10.9. The minimum atomic E-state index is -0.722. The molecule has 2 N–H and O–H groups in total. The van der Waals surface area contributed by atoms with Crippen molar-refractivity contribution in [3.05, 3.63) is 48.0 Å². The van der Waals surface area contributed by atoms with Crippen LogP contribution in [0.3, 0.4) is 0 Å². The molecule has 1 saturated heterocycles. The maximum atomic E-state index is 11.5. The maximum absolute atomic E-state index is 11.5. The van der Waals surface area contributed by atoms with E-state index in [1.165, 1.54) is 0 Å². The van der Waals surface area contributed by atoms with Crippen LogP contribution in [0.4, 0.5) is 0 Å². The molecule has 2 aromatic rings. The van der Waals surface area contributed by atoms with E-state index in [4.69, 9.17) is 0 Å². The molecule has 1 aliphatic heterocycles. The van der Waals surface area contributed by atoms with Gasteiger partial charge in [-0.05, 0) is 16.3 Å². The summed E-state index contributed by atoms with van der Waals surface area (Å²) in [5.74, 6) is -1.10. The first-order chi connectivity index (χ1) is 9.13. The minimum absolute atomic E-state index is 0.354. The summed E-state index contributed by atoms with van der Waals surface area (Å²) in [7, 11) is 0. The molecule has 0 aliphatic carbocycles. The number of fused-ring (bicyclic) bond motifs is 1. The Morgan fingerprint density at radius 1 is 1.26 bits per heavy atom. The summed E-state index contributed by atoms with van der Waals surface area (Å²) >= 11 is 0. The van der Waals surface area contributed by atoms with Crippen molar-refractivity contribution in [1.82, 2.24) is 5.32 Å². The number of hydrogen-bond donors (Lipinski definition) is 2. The maximum Gasteiger partial charge on any atom is 0.308 e. The van der Waals surface area contributed by atoms with Crippen molar-refractivity contribution < 1.29 is 9.90 Å². The molecule has 1 aliphatic rings. The molecular weight excluding hydrogens is 238 g/mol. The van der Waals surface area contributed by atoms with Gasteiger partial charge in [-0.2, -0.15) is 0 Å². The van der Waals surface area contributed by atoms with Crippen LogP contribution >= 0.6 is 0 Å². The zero-order chi connectivity index (χ0) is 13.5. The van der Waals surface area contributed by atoms with E-state index in [1.54, 1.807) is 0 Å². The Bertz CT molecular complexity index is 632. The van der Waals surface area contributed by atoms with Crippen LogP contribution in [0.25, 0.3) is 10.8 Å². The van der Waals surface area contributed by atoms with Crippen LogP contribution in [-0.2, 0) is 10.2 Å². The van der Waals surface area contributed by atoms with Crippen molar-refractivity contribution in [2.75, 3.05) is 13.1 Å². The molecule has 0 radical (unpaired) electrons. The first-order valence-electron chi connectivity index (χ1n) is 6.55. The standard InChI is InChI=1S/C16H17NO2/c1-16(10-17-9-14(16)15(18)19)13-8-4-6-11-5-2-3-7-12(11)13/h2-8,14,17H,9-10H2,1H3,(H,18,19). The molecule has 19 heavy (non-hydrogen) atoms. The highest BCUT2D eigenvalue weighted by molar-refractivity contribution is 5.88. The van der Waals surface area contributed by atoms with E-state index in [-0.39, 0.29) is 11.3 Å². The lowest BCUT2D eigenvalue weighted by Crippen LogP contribution is -2.36. The number of carboxylic acid groups (broad SMARTS) is 1. The van der Waals surface area contributed by atoms with Crippen LogP contribution in [0.1, 0.15) is 12.5 Å². The van der Waals surface area contributed by atoms with Gasteiger partial charge in [0.1, 0.15) is 0 Å². The van der Waals surface area contributed by atoms with Gasteiger partial charge in [0.25, 0.3) is 0 Å². The molecule has 2 aromatic carbocycles. The van der Waals surface area contributed by atoms with Crippen LogP contribution in [0.2, 0.25) is 0 Å². The van der Waals surface area contributed by atoms with Gasteiger partial charge in [0.15, 0.2) is 0 Å². The SMILES string of the molecule is CC1(c2cccc3ccccc23)CNCC1C(=O)O. The van der Waals surface area contributed by atoms with E-state index in [2.05, 4.69) is 29.6 Å². The lowest BCUT2D eigenvalue weighted by atomic mass is 9.72. The Morgan fingerprint density at radius 3 is 2.79 bits per heavy atom. The van der Waals surface area contributed by atoms with Gasteiger partial charge < -0.3 is 10.4 Å². The predicted molar refractivity (Wildman–Crippen MR) is 75.3 cm³/mol. The number of benzene rings is 2. The van der Waals surface area contributed by atoms with Gasteiger partial charge in [-0.3, -0.25) is 4.79 Å². The third kappa shape index (κ3) is 1.81. The normalized spacial score (nSPS) is 26.7. The first kappa shape index (κ1) is 12.2. The lowest BCUT2D eigenvalue weighted by molar-refractivity contribution is -0.142. The summed E-state index contributed by atoms with van der Waals surface area (Å²) in [5, 5.41) is 15.0. The minimum Gasteiger partial charge on any atom is -0.481 e. The van der Waals surface area contributed by atoms with Crippen LogP contribution in [0.15, 0.2) is 42.5 Å². The highest BCUT2D eigenvalue weighted by atomic mass is 16.4. The fourth-order valence-electron chi connectivity index (χ4n) is 3.19. The van der Waals surface area contributed by atoms with Crippen molar-refractivity contribution in [1.29, 1.82) is 0 Å². The van der Waals surface area contributed by atoms with E-state index >= 15 is 0 Å². The molecule has 2 atom stereocenters. The largest absolute Gasteiger partial charge is 0.481 e. The average molecular weight is 255 g/mol. The second-order valence-corrected chi connectivity index (χ2v) is 5.47. The summed E-state index contributed by atoms with van der Waals surface area (Å²) in [6.07, 6.45) is 0. The van der Waals surface area contributed by atoms with E-state index in [9.17, 15) is 9.90 Å². The Hall–Kier alpha value is -1.87. The van der Waals surface area contributed by atoms with Crippen molar-refractivity contribution in [3.8, 4) is 0 Å². The molecule has 3 rings (SSSR count). The summed E-state index contributed by atoms with van der Waals surface area (Å²) in [5.41, 5.74) is 0.773. The van der Waals surface area contributed by atoms with Gasteiger partial charge in [-0.15, -0.1) is 0 Å². The van der Waals surface area contributed by atoms with Gasteiger partial charge in [0.2, 0.25) is 0 Å². The van der Waals surface area contributed by atoms with E-state index in [1.807, 2.05) is 25.1 Å². The molecule has 0 bridgehead atoms. The number of aliphatic carboxylic acids is 1. The summed E-state index contributed by atoms with van der Waals surface area (Å²) in [6, 6.07) is 14.3. The third-order valence-electron chi connectivity index (χ3n) is 4.31. The lowest BCUT2D eigenvalue weighted by Gasteiger charge is -2.29. The van der Waals surface area contributed by atoms with Gasteiger partial charge in [-0.25, -0.2) is 0 Å². The molecule has 98 valence electrons. The zero-order valence-corrected chi connectivity index (χ0v) is 10.9. The molecule has 1 heterocycles.